The van der Waals surface area contributed by atoms with Gasteiger partial charge < -0.3 is 5.32 Å². The van der Waals surface area contributed by atoms with E-state index in [1.54, 1.807) is 16.7 Å². The fourth-order valence-electron chi connectivity index (χ4n) is 3.13. The molecule has 1 aromatic carbocycles. The van der Waals surface area contributed by atoms with Gasteiger partial charge in [0.2, 0.25) is 0 Å². The molecule has 1 aliphatic heterocycles. The molecule has 1 fully saturated rings. The van der Waals surface area contributed by atoms with Crippen LogP contribution in [-0.4, -0.2) is 12.6 Å². The van der Waals surface area contributed by atoms with Crippen molar-refractivity contribution in [1.82, 2.24) is 5.32 Å². The van der Waals surface area contributed by atoms with Crippen LogP contribution in [0.15, 0.2) is 18.2 Å². The summed E-state index contributed by atoms with van der Waals surface area (Å²) in [5.74, 6) is 0. The first kappa shape index (κ1) is 12.9. The average molecular weight is 252 g/mol. The van der Waals surface area contributed by atoms with Crippen molar-refractivity contribution in [2.75, 3.05) is 6.54 Å². The lowest BCUT2D eigenvalue weighted by Crippen LogP contribution is -2.35. The molecule has 1 unspecified atom stereocenters. The van der Waals surface area contributed by atoms with Crippen LogP contribution in [0.1, 0.15) is 42.4 Å². The maximum absolute atomic E-state index is 3.64. The van der Waals surface area contributed by atoms with Crippen LogP contribution in [0.2, 0.25) is 0 Å². The van der Waals surface area contributed by atoms with E-state index in [0.717, 1.165) is 6.04 Å². The van der Waals surface area contributed by atoms with Gasteiger partial charge in [-0.2, -0.15) is 0 Å². The molecular weight excluding hydrogens is 230 g/mol. The molecule has 0 radical (unpaired) electrons. The SMILES string of the molecule is Cl.c1cc2c(cc1CC1CCCCN1)CCC2. The molecule has 1 aromatic rings. The Labute approximate surface area is 110 Å². The summed E-state index contributed by atoms with van der Waals surface area (Å²) in [5.41, 5.74) is 4.76. The van der Waals surface area contributed by atoms with E-state index < -0.39 is 0 Å². The molecule has 1 N–H and O–H groups in total. The van der Waals surface area contributed by atoms with E-state index in [4.69, 9.17) is 0 Å². The van der Waals surface area contributed by atoms with E-state index in [0.29, 0.717) is 0 Å². The van der Waals surface area contributed by atoms with Crippen LogP contribution in [0.25, 0.3) is 0 Å². The van der Waals surface area contributed by atoms with E-state index in [2.05, 4.69) is 23.5 Å². The second-order valence-corrected chi connectivity index (χ2v) is 5.31. The molecule has 0 aromatic heterocycles. The Morgan fingerprint density at radius 3 is 2.76 bits per heavy atom. The maximum Gasteiger partial charge on any atom is 0.0107 e. The predicted octanol–water partition coefficient (Wildman–Crippen LogP) is 3.28. The minimum Gasteiger partial charge on any atom is -0.314 e. The number of benzene rings is 1. The van der Waals surface area contributed by atoms with Crippen LogP contribution in [0.3, 0.4) is 0 Å². The molecule has 2 heteroatoms. The molecule has 2 aliphatic rings. The Balaban J connectivity index is 0.00000108. The number of nitrogens with one attached hydrogen (secondary N) is 1. The maximum atomic E-state index is 3.64. The third kappa shape index (κ3) is 3.02. The van der Waals surface area contributed by atoms with E-state index in [9.17, 15) is 0 Å². The van der Waals surface area contributed by atoms with Gasteiger partial charge in [0.15, 0.2) is 0 Å². The number of fused-ring (bicyclic) bond motifs is 1. The highest BCUT2D eigenvalue weighted by Gasteiger charge is 2.15. The fraction of sp³-hybridized carbons (Fsp3) is 0.600. The van der Waals surface area contributed by atoms with Crippen molar-refractivity contribution < 1.29 is 0 Å². The number of rotatable bonds is 2. The fourth-order valence-corrected chi connectivity index (χ4v) is 3.13. The zero-order chi connectivity index (χ0) is 10.8. The normalized spacial score (nSPS) is 22.9. The van der Waals surface area contributed by atoms with Gasteiger partial charge in [0.1, 0.15) is 0 Å². The van der Waals surface area contributed by atoms with Crippen LogP contribution in [0.4, 0.5) is 0 Å². The van der Waals surface area contributed by atoms with Crippen molar-refractivity contribution >= 4 is 12.4 Å². The molecule has 0 spiro atoms. The lowest BCUT2D eigenvalue weighted by atomic mass is 9.96. The smallest absolute Gasteiger partial charge is 0.0107 e. The quantitative estimate of drug-likeness (QED) is 0.851. The third-order valence-electron chi connectivity index (χ3n) is 4.06. The Bertz CT molecular complexity index is 369. The third-order valence-corrected chi connectivity index (χ3v) is 4.06. The highest BCUT2D eigenvalue weighted by atomic mass is 35.5. The Kier molecular flexibility index (Phi) is 4.47. The Morgan fingerprint density at radius 2 is 1.94 bits per heavy atom. The van der Waals surface area contributed by atoms with Crippen LogP contribution in [0.5, 0.6) is 0 Å². The van der Waals surface area contributed by atoms with Gasteiger partial charge in [0.25, 0.3) is 0 Å². The van der Waals surface area contributed by atoms with Gasteiger partial charge in [-0.3, -0.25) is 0 Å². The molecule has 1 aliphatic carbocycles. The molecule has 0 saturated carbocycles. The molecule has 94 valence electrons. The second-order valence-electron chi connectivity index (χ2n) is 5.31. The standard InChI is InChI=1S/C15H21N.ClH/c1-2-9-16-15(6-1)11-12-7-8-13-4-3-5-14(13)10-12;/h7-8,10,15-16H,1-6,9,11H2;1H. The zero-order valence-corrected chi connectivity index (χ0v) is 11.2. The summed E-state index contributed by atoms with van der Waals surface area (Å²) < 4.78 is 0. The van der Waals surface area contributed by atoms with Crippen LogP contribution in [0, 0.1) is 0 Å². The highest BCUT2D eigenvalue weighted by Crippen LogP contribution is 2.24. The predicted molar refractivity (Wildman–Crippen MR) is 75.1 cm³/mol. The lowest BCUT2D eigenvalue weighted by molar-refractivity contribution is 0.399. The average Bonchev–Trinajstić information content (AvgIpc) is 2.77. The largest absolute Gasteiger partial charge is 0.314 e. The minimum absolute atomic E-state index is 0. The highest BCUT2D eigenvalue weighted by molar-refractivity contribution is 5.85. The van der Waals surface area contributed by atoms with Gasteiger partial charge in [-0.15, -0.1) is 12.4 Å². The molecule has 1 heterocycles. The van der Waals surface area contributed by atoms with E-state index in [1.807, 2.05) is 0 Å². The summed E-state index contributed by atoms with van der Waals surface area (Å²) in [7, 11) is 0. The van der Waals surface area contributed by atoms with Crippen molar-refractivity contribution in [3.8, 4) is 0 Å². The second kappa shape index (κ2) is 5.88. The van der Waals surface area contributed by atoms with Crippen molar-refractivity contribution in [3.05, 3.63) is 34.9 Å². The minimum atomic E-state index is 0. The summed E-state index contributed by atoms with van der Waals surface area (Å²) >= 11 is 0. The van der Waals surface area contributed by atoms with Crippen LogP contribution < -0.4 is 5.32 Å². The number of halogens is 1. The topological polar surface area (TPSA) is 12.0 Å². The van der Waals surface area contributed by atoms with E-state index in [1.165, 1.54) is 51.5 Å². The summed E-state index contributed by atoms with van der Waals surface area (Å²) in [4.78, 5) is 0. The zero-order valence-electron chi connectivity index (χ0n) is 10.4. The van der Waals surface area contributed by atoms with E-state index >= 15 is 0 Å². The summed E-state index contributed by atoms with van der Waals surface area (Å²) in [6.07, 6.45) is 9.33. The lowest BCUT2D eigenvalue weighted by Gasteiger charge is -2.23. The summed E-state index contributed by atoms with van der Waals surface area (Å²) in [5, 5.41) is 3.64. The molecule has 1 nitrogen and oxygen atoms in total. The van der Waals surface area contributed by atoms with Crippen molar-refractivity contribution in [3.63, 3.8) is 0 Å². The van der Waals surface area contributed by atoms with Gasteiger partial charge in [-0.1, -0.05) is 24.6 Å². The van der Waals surface area contributed by atoms with Crippen molar-refractivity contribution in [1.29, 1.82) is 0 Å². The van der Waals surface area contributed by atoms with Gasteiger partial charge in [0, 0.05) is 6.04 Å². The Morgan fingerprint density at radius 1 is 1.06 bits per heavy atom. The number of hydrogen-bond donors (Lipinski definition) is 1. The van der Waals surface area contributed by atoms with Gasteiger partial charge in [0.05, 0.1) is 0 Å². The molecule has 0 bridgehead atoms. The van der Waals surface area contributed by atoms with Gasteiger partial charge >= 0.3 is 0 Å². The molecular formula is C15H22ClN. The molecule has 1 saturated heterocycles. The monoisotopic (exact) mass is 251 g/mol. The van der Waals surface area contributed by atoms with Gasteiger partial charge in [-0.05, 0) is 61.8 Å². The number of aryl methyl sites for hydroxylation is 2. The first-order valence-electron chi connectivity index (χ1n) is 6.76. The molecule has 17 heavy (non-hydrogen) atoms. The number of piperidine rings is 1. The van der Waals surface area contributed by atoms with Crippen molar-refractivity contribution in [2.24, 2.45) is 0 Å². The van der Waals surface area contributed by atoms with Crippen LogP contribution in [-0.2, 0) is 19.3 Å². The first-order chi connectivity index (χ1) is 7.92. The molecule has 0 amide bonds. The molecule has 1 atom stereocenters. The summed E-state index contributed by atoms with van der Waals surface area (Å²) in [6.45, 7) is 1.22. The van der Waals surface area contributed by atoms with Crippen molar-refractivity contribution in [2.45, 2.75) is 51.0 Å². The van der Waals surface area contributed by atoms with Crippen LogP contribution >= 0.6 is 12.4 Å². The van der Waals surface area contributed by atoms with Gasteiger partial charge in [-0.25, -0.2) is 0 Å². The first-order valence-corrected chi connectivity index (χ1v) is 6.76. The molecule has 3 rings (SSSR count). The summed E-state index contributed by atoms with van der Waals surface area (Å²) in [6, 6.07) is 7.90. The Hall–Kier alpha value is -0.530. The number of hydrogen-bond acceptors (Lipinski definition) is 1. The van der Waals surface area contributed by atoms with E-state index in [-0.39, 0.29) is 12.4 Å².